The number of imidazole rings is 1. The van der Waals surface area contributed by atoms with Crippen LogP contribution < -0.4 is 10.6 Å². The highest BCUT2D eigenvalue weighted by Crippen LogP contribution is 2.26. The number of halogens is 2. The van der Waals surface area contributed by atoms with Crippen LogP contribution in [0.3, 0.4) is 0 Å². The van der Waals surface area contributed by atoms with E-state index in [4.69, 9.17) is 11.6 Å². The van der Waals surface area contributed by atoms with Gasteiger partial charge in [-0.3, -0.25) is 4.40 Å². The molecule has 0 spiro atoms. The first kappa shape index (κ1) is 20.4. The summed E-state index contributed by atoms with van der Waals surface area (Å²) < 4.78 is 2.66. The van der Waals surface area contributed by atoms with Crippen LogP contribution in [0.15, 0.2) is 34.9 Å². The second kappa shape index (κ2) is 9.72. The molecular weight excluding hydrogens is 493 g/mol. The quantitative estimate of drug-likeness (QED) is 0.269. The molecule has 3 aromatic rings. The first-order chi connectivity index (χ1) is 11.7. The summed E-state index contributed by atoms with van der Waals surface area (Å²) in [7, 11) is 0. The highest BCUT2D eigenvalue weighted by Gasteiger charge is 2.11. The SMILES string of the molecule is CCNC(=NCc1cn2ccsc2n1)NCC(O)c1ccc(Cl)s1.I. The maximum Gasteiger partial charge on any atom is 0.193 e. The monoisotopic (exact) mass is 511 g/mol. The van der Waals surface area contributed by atoms with E-state index in [2.05, 4.69) is 20.6 Å². The minimum Gasteiger partial charge on any atom is -0.386 e. The van der Waals surface area contributed by atoms with E-state index in [0.29, 0.717) is 23.4 Å². The van der Waals surface area contributed by atoms with E-state index in [0.717, 1.165) is 22.1 Å². The molecule has 0 aliphatic carbocycles. The van der Waals surface area contributed by atoms with Gasteiger partial charge >= 0.3 is 0 Å². The van der Waals surface area contributed by atoms with Gasteiger partial charge in [-0.25, -0.2) is 9.98 Å². The highest BCUT2D eigenvalue weighted by atomic mass is 127. The largest absolute Gasteiger partial charge is 0.386 e. The number of nitrogens with one attached hydrogen (secondary N) is 2. The van der Waals surface area contributed by atoms with Gasteiger partial charge in [-0.15, -0.1) is 46.7 Å². The summed E-state index contributed by atoms with van der Waals surface area (Å²) in [5, 5.41) is 18.5. The third-order valence-electron chi connectivity index (χ3n) is 3.27. The average Bonchev–Trinajstić information content (AvgIpc) is 3.25. The molecule has 0 aromatic carbocycles. The Morgan fingerprint density at radius 2 is 2.28 bits per heavy atom. The average molecular weight is 512 g/mol. The predicted molar refractivity (Wildman–Crippen MR) is 116 cm³/mol. The number of aromatic nitrogens is 2. The molecule has 0 aliphatic rings. The normalized spacial score (nSPS) is 12.8. The predicted octanol–water partition coefficient (Wildman–Crippen LogP) is 3.52. The Labute approximate surface area is 176 Å². The van der Waals surface area contributed by atoms with Crippen LogP contribution in [-0.4, -0.2) is 33.5 Å². The number of hydrogen-bond donors (Lipinski definition) is 3. The van der Waals surface area contributed by atoms with Gasteiger partial charge < -0.3 is 15.7 Å². The lowest BCUT2D eigenvalue weighted by Gasteiger charge is -2.14. The molecule has 10 heteroatoms. The number of hydrogen-bond acceptors (Lipinski definition) is 5. The Kier molecular flexibility index (Phi) is 7.94. The minimum absolute atomic E-state index is 0. The van der Waals surface area contributed by atoms with Crippen LogP contribution >= 0.6 is 58.3 Å². The van der Waals surface area contributed by atoms with E-state index in [9.17, 15) is 5.11 Å². The molecule has 0 saturated carbocycles. The lowest BCUT2D eigenvalue weighted by Crippen LogP contribution is -2.39. The van der Waals surface area contributed by atoms with Gasteiger partial charge in [0.25, 0.3) is 0 Å². The lowest BCUT2D eigenvalue weighted by molar-refractivity contribution is 0.184. The molecule has 0 radical (unpaired) electrons. The highest BCUT2D eigenvalue weighted by molar-refractivity contribution is 14.0. The van der Waals surface area contributed by atoms with Gasteiger partial charge in [-0.1, -0.05) is 11.6 Å². The molecule has 3 N–H and O–H groups in total. The summed E-state index contributed by atoms with van der Waals surface area (Å²) in [6.07, 6.45) is 3.33. The first-order valence-corrected chi connectivity index (χ1v) is 9.59. The topological polar surface area (TPSA) is 74.0 Å². The fraction of sp³-hybridized carbons (Fsp3) is 0.333. The molecule has 0 bridgehead atoms. The van der Waals surface area contributed by atoms with Crippen LogP contribution in [0.25, 0.3) is 4.96 Å². The number of rotatable bonds is 6. The number of thiazole rings is 1. The molecule has 3 rings (SSSR count). The Morgan fingerprint density at radius 3 is 2.96 bits per heavy atom. The minimum atomic E-state index is -0.621. The van der Waals surface area contributed by atoms with E-state index >= 15 is 0 Å². The van der Waals surface area contributed by atoms with E-state index in [-0.39, 0.29) is 24.0 Å². The molecule has 0 saturated heterocycles. The summed E-state index contributed by atoms with van der Waals surface area (Å²) in [6, 6.07) is 3.62. The Morgan fingerprint density at radius 1 is 1.44 bits per heavy atom. The molecule has 6 nitrogen and oxygen atoms in total. The summed E-state index contributed by atoms with van der Waals surface area (Å²) in [5.74, 6) is 0.649. The Bertz CT molecular complexity index is 802. The first-order valence-electron chi connectivity index (χ1n) is 7.52. The van der Waals surface area contributed by atoms with Crippen LogP contribution in [0.2, 0.25) is 4.34 Å². The van der Waals surface area contributed by atoms with Crippen molar-refractivity contribution in [2.45, 2.75) is 19.6 Å². The molecule has 3 heterocycles. The number of thiophene rings is 1. The lowest BCUT2D eigenvalue weighted by atomic mass is 10.3. The van der Waals surface area contributed by atoms with E-state index < -0.39 is 6.10 Å². The van der Waals surface area contributed by atoms with Gasteiger partial charge in [-0.2, -0.15) is 0 Å². The molecular formula is C15H19ClIN5OS2. The Hall–Kier alpha value is -0.880. The zero-order chi connectivity index (χ0) is 16.9. The molecule has 0 aliphatic heterocycles. The van der Waals surface area contributed by atoms with Crippen molar-refractivity contribution in [3.63, 3.8) is 0 Å². The molecule has 0 fully saturated rings. The van der Waals surface area contributed by atoms with Crippen molar-refractivity contribution in [1.82, 2.24) is 20.0 Å². The van der Waals surface area contributed by atoms with Gasteiger partial charge in [0.05, 0.1) is 16.6 Å². The third kappa shape index (κ3) is 5.55. The maximum atomic E-state index is 10.2. The summed E-state index contributed by atoms with van der Waals surface area (Å²) >= 11 is 8.88. The summed E-state index contributed by atoms with van der Waals surface area (Å²) in [5.41, 5.74) is 0.907. The zero-order valence-corrected chi connectivity index (χ0v) is 18.2. The number of aliphatic hydroxyl groups is 1. The van der Waals surface area contributed by atoms with Crippen molar-refractivity contribution in [2.24, 2.45) is 4.99 Å². The van der Waals surface area contributed by atoms with E-state index in [1.54, 1.807) is 17.4 Å². The second-order valence-electron chi connectivity index (χ2n) is 5.06. The number of fused-ring (bicyclic) bond motifs is 1. The standard InChI is InChI=1S/C15H18ClN5OS2.HI/c1-2-17-14(19-8-11(22)12-3-4-13(16)24-12)18-7-10-9-21-5-6-23-15(21)20-10;/h3-6,9,11,22H,2,7-8H2,1H3,(H2,17,18,19);1H. The van der Waals surface area contributed by atoms with Crippen molar-refractivity contribution in [3.8, 4) is 0 Å². The Balaban J connectivity index is 0.00000225. The molecule has 25 heavy (non-hydrogen) atoms. The number of aliphatic hydroxyl groups excluding tert-OH is 1. The van der Waals surface area contributed by atoms with Crippen LogP contribution in [0.4, 0.5) is 0 Å². The van der Waals surface area contributed by atoms with Crippen molar-refractivity contribution >= 4 is 69.2 Å². The smallest absolute Gasteiger partial charge is 0.193 e. The third-order valence-corrected chi connectivity index (χ3v) is 5.37. The number of nitrogens with zero attached hydrogens (tertiary/aromatic N) is 3. The van der Waals surface area contributed by atoms with E-state index in [1.807, 2.05) is 35.2 Å². The number of guanidine groups is 1. The number of aliphatic imine (C=N–C) groups is 1. The second-order valence-corrected chi connectivity index (χ2v) is 7.68. The van der Waals surface area contributed by atoms with Gasteiger partial charge in [0.1, 0.15) is 6.10 Å². The van der Waals surface area contributed by atoms with Crippen molar-refractivity contribution < 1.29 is 5.11 Å². The van der Waals surface area contributed by atoms with Crippen LogP contribution in [0.5, 0.6) is 0 Å². The summed E-state index contributed by atoms with van der Waals surface area (Å²) in [4.78, 5) is 10.8. The van der Waals surface area contributed by atoms with Gasteiger partial charge in [0.2, 0.25) is 0 Å². The molecule has 0 amide bonds. The van der Waals surface area contributed by atoms with Gasteiger partial charge in [-0.05, 0) is 19.1 Å². The van der Waals surface area contributed by atoms with Crippen LogP contribution in [0.1, 0.15) is 23.6 Å². The van der Waals surface area contributed by atoms with Crippen LogP contribution in [0, 0.1) is 0 Å². The molecule has 136 valence electrons. The van der Waals surface area contributed by atoms with Crippen molar-refractivity contribution in [1.29, 1.82) is 0 Å². The fourth-order valence-electron chi connectivity index (χ4n) is 2.16. The maximum absolute atomic E-state index is 10.2. The van der Waals surface area contributed by atoms with Crippen LogP contribution in [-0.2, 0) is 6.54 Å². The van der Waals surface area contributed by atoms with E-state index in [1.165, 1.54) is 11.3 Å². The molecule has 1 unspecified atom stereocenters. The molecule has 1 atom stereocenters. The zero-order valence-electron chi connectivity index (χ0n) is 13.5. The van der Waals surface area contributed by atoms with Crippen molar-refractivity contribution in [3.05, 3.63) is 44.8 Å². The van der Waals surface area contributed by atoms with Gasteiger partial charge in [0, 0.05) is 35.7 Å². The summed E-state index contributed by atoms with van der Waals surface area (Å²) in [6.45, 7) is 3.58. The van der Waals surface area contributed by atoms with Crippen molar-refractivity contribution in [2.75, 3.05) is 13.1 Å². The fourth-order valence-corrected chi connectivity index (χ4v) is 3.92. The molecule has 3 aromatic heterocycles. The van der Waals surface area contributed by atoms with Gasteiger partial charge in [0.15, 0.2) is 10.9 Å².